The number of amides is 1. The molecule has 2 N–H and O–H groups in total. The van der Waals surface area contributed by atoms with Crippen molar-refractivity contribution in [3.63, 3.8) is 0 Å². The first kappa shape index (κ1) is 12.9. The Morgan fingerprint density at radius 2 is 2.11 bits per heavy atom. The fraction of sp³-hybridized carbons (Fsp3) is 0.462. The van der Waals surface area contributed by atoms with Crippen LogP contribution in [0.1, 0.15) is 18.4 Å². The van der Waals surface area contributed by atoms with Gasteiger partial charge in [0.2, 0.25) is 5.91 Å². The highest BCUT2D eigenvalue weighted by Crippen LogP contribution is 2.23. The minimum absolute atomic E-state index is 0.0995. The van der Waals surface area contributed by atoms with Crippen molar-refractivity contribution in [2.75, 3.05) is 13.9 Å². The van der Waals surface area contributed by atoms with Crippen LogP contribution in [0.25, 0.3) is 0 Å². The van der Waals surface area contributed by atoms with Gasteiger partial charge in [-0.3, -0.25) is 4.79 Å². The maximum absolute atomic E-state index is 11.1. The van der Waals surface area contributed by atoms with Gasteiger partial charge in [-0.2, -0.15) is 0 Å². The number of ether oxygens (including phenoxy) is 2. The van der Waals surface area contributed by atoms with Crippen LogP contribution in [-0.2, 0) is 16.0 Å². The van der Waals surface area contributed by atoms with Gasteiger partial charge < -0.3 is 19.9 Å². The molecule has 1 aliphatic rings. The quantitative estimate of drug-likeness (QED) is 0.760. The highest BCUT2D eigenvalue weighted by Gasteiger charge is 2.35. The van der Waals surface area contributed by atoms with Gasteiger partial charge in [0.1, 0.15) is 11.5 Å². The van der Waals surface area contributed by atoms with Crippen LogP contribution in [0.5, 0.6) is 5.75 Å². The van der Waals surface area contributed by atoms with E-state index in [-0.39, 0.29) is 12.7 Å². The van der Waals surface area contributed by atoms with E-state index in [4.69, 9.17) is 9.47 Å². The Labute approximate surface area is 106 Å². The van der Waals surface area contributed by atoms with Gasteiger partial charge in [-0.25, -0.2) is 0 Å². The first-order valence-electron chi connectivity index (χ1n) is 5.85. The van der Waals surface area contributed by atoms with E-state index in [9.17, 15) is 9.90 Å². The third kappa shape index (κ3) is 3.21. The number of benzene rings is 1. The summed E-state index contributed by atoms with van der Waals surface area (Å²) in [4.78, 5) is 11.1. The molecule has 1 unspecified atom stereocenters. The third-order valence-corrected chi connectivity index (χ3v) is 2.90. The normalized spacial score (nSPS) is 22.9. The van der Waals surface area contributed by atoms with E-state index < -0.39 is 5.72 Å². The lowest BCUT2D eigenvalue weighted by Gasteiger charge is -2.22. The van der Waals surface area contributed by atoms with Crippen molar-refractivity contribution in [2.24, 2.45) is 0 Å². The van der Waals surface area contributed by atoms with Crippen LogP contribution >= 0.6 is 0 Å². The van der Waals surface area contributed by atoms with Crippen molar-refractivity contribution in [1.29, 1.82) is 0 Å². The third-order valence-electron chi connectivity index (χ3n) is 2.90. The zero-order valence-electron chi connectivity index (χ0n) is 10.3. The summed E-state index contributed by atoms with van der Waals surface area (Å²) in [7, 11) is 1.56. The predicted octanol–water partition coefficient (Wildman–Crippen LogP) is 0.810. The summed E-state index contributed by atoms with van der Waals surface area (Å²) < 4.78 is 10.1. The highest BCUT2D eigenvalue weighted by atomic mass is 16.7. The van der Waals surface area contributed by atoms with Gasteiger partial charge in [-0.1, -0.05) is 12.1 Å². The molecule has 2 rings (SSSR count). The summed E-state index contributed by atoms with van der Waals surface area (Å²) in [5.41, 5.74) is -0.157. The first-order chi connectivity index (χ1) is 8.61. The van der Waals surface area contributed by atoms with Crippen LogP contribution in [-0.4, -0.2) is 30.6 Å². The standard InChI is InChI=1S/C13H17NO4/c1-17-9-18-11-4-2-10(3-5-11)8-13(16)7-6-12(15)14-13/h2-5,16H,6-9H2,1H3,(H,14,15). The number of carbonyl (C=O) groups is 1. The Bertz CT molecular complexity index is 418. The molecule has 1 saturated heterocycles. The molecule has 18 heavy (non-hydrogen) atoms. The summed E-state index contributed by atoms with van der Waals surface area (Å²) in [6.45, 7) is 0.208. The van der Waals surface area contributed by atoms with Gasteiger partial charge >= 0.3 is 0 Å². The Kier molecular flexibility index (Phi) is 3.84. The lowest BCUT2D eigenvalue weighted by atomic mass is 10.0. The molecule has 1 aromatic carbocycles. The number of hydrogen-bond donors (Lipinski definition) is 2. The van der Waals surface area contributed by atoms with Gasteiger partial charge in [0, 0.05) is 26.4 Å². The van der Waals surface area contributed by atoms with Gasteiger partial charge in [0.05, 0.1) is 0 Å². The zero-order valence-corrected chi connectivity index (χ0v) is 10.3. The summed E-state index contributed by atoms with van der Waals surface area (Å²) in [5.74, 6) is 0.612. The van der Waals surface area contributed by atoms with E-state index in [0.717, 1.165) is 5.56 Å². The van der Waals surface area contributed by atoms with Crippen LogP contribution < -0.4 is 10.1 Å². The Balaban J connectivity index is 1.95. The molecule has 0 bridgehead atoms. The second kappa shape index (κ2) is 5.37. The number of aliphatic hydroxyl groups is 1. The minimum Gasteiger partial charge on any atom is -0.468 e. The highest BCUT2D eigenvalue weighted by molar-refractivity contribution is 5.79. The number of nitrogens with one attached hydrogen (secondary N) is 1. The zero-order chi connectivity index (χ0) is 13.0. The van der Waals surface area contributed by atoms with Crippen molar-refractivity contribution >= 4 is 5.91 Å². The smallest absolute Gasteiger partial charge is 0.222 e. The van der Waals surface area contributed by atoms with Crippen LogP contribution in [0.4, 0.5) is 0 Å². The maximum atomic E-state index is 11.1. The molecule has 1 aromatic rings. The molecule has 0 aliphatic carbocycles. The van der Waals surface area contributed by atoms with Gasteiger partial charge in [0.25, 0.3) is 0 Å². The van der Waals surface area contributed by atoms with Crippen LogP contribution in [0.2, 0.25) is 0 Å². The average molecular weight is 251 g/mol. The van der Waals surface area contributed by atoms with Crippen LogP contribution in [0, 0.1) is 0 Å². The Morgan fingerprint density at radius 1 is 1.39 bits per heavy atom. The SMILES string of the molecule is COCOc1ccc(CC2(O)CCC(=O)N2)cc1. The second-order valence-electron chi connectivity index (χ2n) is 4.45. The average Bonchev–Trinajstić information content (AvgIpc) is 2.68. The van der Waals surface area contributed by atoms with Crippen molar-refractivity contribution in [3.05, 3.63) is 29.8 Å². The van der Waals surface area contributed by atoms with E-state index in [1.807, 2.05) is 24.3 Å². The lowest BCUT2D eigenvalue weighted by Crippen LogP contribution is -2.43. The molecule has 98 valence electrons. The van der Waals surface area contributed by atoms with E-state index in [2.05, 4.69) is 5.32 Å². The monoisotopic (exact) mass is 251 g/mol. The van der Waals surface area contributed by atoms with Crippen molar-refractivity contribution in [3.8, 4) is 5.75 Å². The number of hydrogen-bond acceptors (Lipinski definition) is 4. The molecule has 1 atom stereocenters. The number of carbonyl (C=O) groups excluding carboxylic acids is 1. The molecule has 5 heteroatoms. The second-order valence-corrected chi connectivity index (χ2v) is 4.45. The van der Waals surface area contributed by atoms with Crippen molar-refractivity contribution < 1.29 is 19.4 Å². The maximum Gasteiger partial charge on any atom is 0.222 e. The Hall–Kier alpha value is -1.59. The summed E-state index contributed by atoms with van der Waals surface area (Å²) >= 11 is 0. The molecular formula is C13H17NO4. The topological polar surface area (TPSA) is 67.8 Å². The van der Waals surface area contributed by atoms with Gasteiger partial charge in [0.15, 0.2) is 6.79 Å². The fourth-order valence-corrected chi connectivity index (χ4v) is 2.01. The molecular weight excluding hydrogens is 234 g/mol. The summed E-state index contributed by atoms with van der Waals surface area (Å²) in [5, 5.41) is 12.7. The van der Waals surface area contributed by atoms with Gasteiger partial charge in [-0.15, -0.1) is 0 Å². The van der Waals surface area contributed by atoms with E-state index >= 15 is 0 Å². The van der Waals surface area contributed by atoms with Gasteiger partial charge in [-0.05, 0) is 17.7 Å². The molecule has 1 aliphatic heterocycles. The van der Waals surface area contributed by atoms with Crippen LogP contribution in [0.15, 0.2) is 24.3 Å². The molecule has 5 nitrogen and oxygen atoms in total. The van der Waals surface area contributed by atoms with E-state index in [0.29, 0.717) is 25.0 Å². The van der Waals surface area contributed by atoms with Crippen molar-refractivity contribution in [1.82, 2.24) is 5.32 Å². The minimum atomic E-state index is -1.11. The molecule has 0 spiro atoms. The molecule has 0 radical (unpaired) electrons. The first-order valence-corrected chi connectivity index (χ1v) is 5.85. The summed E-state index contributed by atoms with van der Waals surface area (Å²) in [6, 6.07) is 7.36. The molecule has 0 saturated carbocycles. The number of rotatable bonds is 5. The lowest BCUT2D eigenvalue weighted by molar-refractivity contribution is -0.121. The van der Waals surface area contributed by atoms with Crippen molar-refractivity contribution in [2.45, 2.75) is 25.0 Å². The Morgan fingerprint density at radius 3 is 2.67 bits per heavy atom. The van der Waals surface area contributed by atoms with Crippen LogP contribution in [0.3, 0.4) is 0 Å². The van der Waals surface area contributed by atoms with E-state index in [1.54, 1.807) is 7.11 Å². The largest absolute Gasteiger partial charge is 0.468 e. The predicted molar refractivity (Wildman–Crippen MR) is 65.0 cm³/mol. The fourth-order valence-electron chi connectivity index (χ4n) is 2.01. The molecule has 1 heterocycles. The van der Waals surface area contributed by atoms with E-state index in [1.165, 1.54) is 0 Å². The molecule has 1 fully saturated rings. The number of methoxy groups -OCH3 is 1. The molecule has 1 amide bonds. The molecule has 0 aromatic heterocycles. The summed E-state index contributed by atoms with van der Waals surface area (Å²) in [6.07, 6.45) is 1.24.